The highest BCUT2D eigenvalue weighted by atomic mass is 32.2. The van der Waals surface area contributed by atoms with Gasteiger partial charge in [-0.3, -0.25) is 9.36 Å². The number of sulfonamides is 1. The van der Waals surface area contributed by atoms with E-state index in [-0.39, 0.29) is 53.6 Å². The summed E-state index contributed by atoms with van der Waals surface area (Å²) in [5, 5.41) is 11.3. The third-order valence-corrected chi connectivity index (χ3v) is 9.27. The summed E-state index contributed by atoms with van der Waals surface area (Å²) in [4.78, 5) is 12.7. The molecular formula is C28H26F3N5O5S2. The molecule has 4 aromatic rings. The highest BCUT2D eigenvalue weighted by Gasteiger charge is 2.31. The molecular weight excluding hydrogens is 607 g/mol. The van der Waals surface area contributed by atoms with E-state index in [2.05, 4.69) is 15.5 Å². The van der Waals surface area contributed by atoms with Gasteiger partial charge in [-0.15, -0.1) is 10.2 Å². The lowest BCUT2D eigenvalue weighted by atomic mass is 10.1. The summed E-state index contributed by atoms with van der Waals surface area (Å²) in [7, 11) is -2.36. The summed E-state index contributed by atoms with van der Waals surface area (Å²) in [6.07, 6.45) is -4.61. The minimum absolute atomic E-state index is 0.00244. The van der Waals surface area contributed by atoms with Gasteiger partial charge in [0.2, 0.25) is 15.9 Å². The molecule has 1 aliphatic heterocycles. The van der Waals surface area contributed by atoms with Crippen molar-refractivity contribution in [3.8, 4) is 22.8 Å². The molecule has 1 N–H and O–H groups in total. The van der Waals surface area contributed by atoms with Gasteiger partial charge in [-0.2, -0.15) is 17.5 Å². The summed E-state index contributed by atoms with van der Waals surface area (Å²) in [5.41, 5.74) is 0.0159. The second kappa shape index (κ2) is 12.8. The molecule has 1 amide bonds. The number of alkyl halides is 3. The van der Waals surface area contributed by atoms with Crippen molar-refractivity contribution >= 4 is 33.4 Å². The van der Waals surface area contributed by atoms with E-state index in [1.807, 2.05) is 0 Å². The van der Waals surface area contributed by atoms with Crippen LogP contribution in [0.4, 0.5) is 18.9 Å². The number of aromatic nitrogens is 3. The lowest BCUT2D eigenvalue weighted by Crippen LogP contribution is -2.40. The number of hydrogen-bond acceptors (Lipinski definition) is 8. The van der Waals surface area contributed by atoms with E-state index < -0.39 is 27.7 Å². The fourth-order valence-corrected chi connectivity index (χ4v) is 6.57. The first kappa shape index (κ1) is 30.5. The van der Waals surface area contributed by atoms with E-state index in [1.165, 1.54) is 46.3 Å². The number of carbonyl (C=O) groups is 1. The van der Waals surface area contributed by atoms with Gasteiger partial charge in [-0.25, -0.2) is 8.42 Å². The maximum absolute atomic E-state index is 13.6. The second-order valence-corrected chi connectivity index (χ2v) is 12.2. The Morgan fingerprint density at radius 2 is 1.77 bits per heavy atom. The molecule has 0 radical (unpaired) electrons. The van der Waals surface area contributed by atoms with Gasteiger partial charge in [-0.05, 0) is 42.5 Å². The first-order valence-electron chi connectivity index (χ1n) is 12.9. The third kappa shape index (κ3) is 7.01. The number of methoxy groups -OCH3 is 1. The number of morpholine rings is 1. The molecule has 0 saturated carbocycles. The SMILES string of the molecule is COc1cccc(NC(=O)CSc2nnc(-c3cccc(S(=O)(=O)N4CCOCC4)c3)n2-c2cccc(C(F)(F)F)c2)c1. The number of hydrogen-bond donors (Lipinski definition) is 1. The molecule has 43 heavy (non-hydrogen) atoms. The monoisotopic (exact) mass is 633 g/mol. The lowest BCUT2D eigenvalue weighted by molar-refractivity contribution is -0.137. The zero-order chi connectivity index (χ0) is 30.6. The van der Waals surface area contributed by atoms with Crippen LogP contribution in [-0.4, -0.2) is 72.6 Å². The number of nitrogens with one attached hydrogen (secondary N) is 1. The number of rotatable bonds is 9. The Hall–Kier alpha value is -3.92. The van der Waals surface area contributed by atoms with Crippen LogP contribution in [0.1, 0.15) is 5.56 Å². The summed E-state index contributed by atoms with van der Waals surface area (Å²) in [6, 6.07) is 17.3. The van der Waals surface area contributed by atoms with E-state index in [4.69, 9.17) is 9.47 Å². The van der Waals surface area contributed by atoms with Gasteiger partial charge in [-0.1, -0.05) is 36.0 Å². The molecule has 226 valence electrons. The predicted molar refractivity (Wildman–Crippen MR) is 154 cm³/mol. The van der Waals surface area contributed by atoms with Crippen LogP contribution >= 0.6 is 11.8 Å². The van der Waals surface area contributed by atoms with E-state index in [1.54, 1.807) is 30.3 Å². The fourth-order valence-electron chi connectivity index (χ4n) is 4.36. The van der Waals surface area contributed by atoms with E-state index in [9.17, 15) is 26.4 Å². The molecule has 1 aromatic heterocycles. The molecule has 5 rings (SSSR count). The Labute approximate surface area is 249 Å². The van der Waals surface area contributed by atoms with Crippen molar-refractivity contribution in [1.82, 2.24) is 19.1 Å². The number of halogens is 3. The quantitative estimate of drug-likeness (QED) is 0.264. The van der Waals surface area contributed by atoms with Crippen LogP contribution in [0.15, 0.2) is 82.8 Å². The summed E-state index contributed by atoms with van der Waals surface area (Å²) in [5.74, 6) is 0.128. The van der Waals surface area contributed by atoms with Gasteiger partial charge in [0.05, 0.1) is 42.2 Å². The minimum Gasteiger partial charge on any atom is -0.497 e. The smallest absolute Gasteiger partial charge is 0.416 e. The van der Waals surface area contributed by atoms with E-state index >= 15 is 0 Å². The van der Waals surface area contributed by atoms with Gasteiger partial charge in [0, 0.05) is 30.4 Å². The van der Waals surface area contributed by atoms with Crippen LogP contribution in [-0.2, 0) is 25.7 Å². The number of anilines is 1. The number of nitrogens with zero attached hydrogens (tertiary/aromatic N) is 4. The van der Waals surface area contributed by atoms with Crippen molar-refractivity contribution in [3.63, 3.8) is 0 Å². The minimum atomic E-state index is -4.61. The Balaban J connectivity index is 1.49. The van der Waals surface area contributed by atoms with Gasteiger partial charge >= 0.3 is 6.18 Å². The molecule has 0 aliphatic carbocycles. The van der Waals surface area contributed by atoms with Gasteiger partial charge in [0.15, 0.2) is 11.0 Å². The molecule has 0 atom stereocenters. The Kier molecular flexibility index (Phi) is 9.05. The number of amides is 1. The summed E-state index contributed by atoms with van der Waals surface area (Å²) < 4.78 is 80.6. The zero-order valence-corrected chi connectivity index (χ0v) is 24.4. The predicted octanol–water partition coefficient (Wildman–Crippen LogP) is 4.71. The van der Waals surface area contributed by atoms with E-state index in [0.29, 0.717) is 17.0 Å². The number of thioether (sulfide) groups is 1. The van der Waals surface area contributed by atoms with Crippen LogP contribution in [0.25, 0.3) is 17.1 Å². The zero-order valence-electron chi connectivity index (χ0n) is 22.7. The maximum Gasteiger partial charge on any atom is 0.416 e. The molecule has 3 aromatic carbocycles. The third-order valence-electron chi connectivity index (χ3n) is 6.45. The first-order chi connectivity index (χ1) is 20.6. The Bertz CT molecular complexity index is 1720. The number of carbonyl (C=O) groups excluding carboxylic acids is 1. The maximum atomic E-state index is 13.6. The largest absolute Gasteiger partial charge is 0.497 e. The van der Waals surface area contributed by atoms with Gasteiger partial charge < -0.3 is 14.8 Å². The molecule has 0 unspecified atom stereocenters. The van der Waals surface area contributed by atoms with Crippen molar-refractivity contribution in [2.75, 3.05) is 44.5 Å². The second-order valence-electron chi connectivity index (χ2n) is 9.30. The molecule has 0 spiro atoms. The average molecular weight is 634 g/mol. The highest BCUT2D eigenvalue weighted by molar-refractivity contribution is 7.99. The molecule has 1 aliphatic rings. The standard InChI is InChI=1S/C28H26F3N5O5S2/c1-40-23-9-4-7-21(17-23)32-25(37)18-42-27-34-33-26(36(27)22-8-3-6-20(16-22)28(29,30)31)19-5-2-10-24(15-19)43(38,39)35-11-13-41-14-12-35/h2-10,15-17H,11-14,18H2,1H3,(H,32,37). The number of ether oxygens (including phenoxy) is 2. The van der Waals surface area contributed by atoms with Gasteiger partial charge in [0.1, 0.15) is 5.75 Å². The van der Waals surface area contributed by atoms with Crippen molar-refractivity contribution in [2.45, 2.75) is 16.2 Å². The normalized spacial score (nSPS) is 14.4. The van der Waals surface area contributed by atoms with Crippen LogP contribution < -0.4 is 10.1 Å². The molecule has 15 heteroatoms. The molecule has 1 fully saturated rings. The average Bonchev–Trinajstić information content (AvgIpc) is 3.44. The van der Waals surface area contributed by atoms with E-state index in [0.717, 1.165) is 23.9 Å². The molecule has 1 saturated heterocycles. The molecule has 10 nitrogen and oxygen atoms in total. The molecule has 0 bridgehead atoms. The van der Waals surface area contributed by atoms with Crippen molar-refractivity contribution in [3.05, 3.63) is 78.4 Å². The fraction of sp³-hybridized carbons (Fsp3) is 0.250. The van der Waals surface area contributed by atoms with Crippen LogP contribution in [0.2, 0.25) is 0 Å². The lowest BCUT2D eigenvalue weighted by Gasteiger charge is -2.26. The molecule has 2 heterocycles. The Morgan fingerprint density at radius 3 is 2.51 bits per heavy atom. The summed E-state index contributed by atoms with van der Waals surface area (Å²) in [6.45, 7) is 0.945. The van der Waals surface area contributed by atoms with Gasteiger partial charge in [0.25, 0.3) is 0 Å². The first-order valence-corrected chi connectivity index (χ1v) is 15.4. The van der Waals surface area contributed by atoms with Crippen molar-refractivity contribution < 1.29 is 35.9 Å². The summed E-state index contributed by atoms with van der Waals surface area (Å²) >= 11 is 0.965. The topological polar surface area (TPSA) is 116 Å². The highest BCUT2D eigenvalue weighted by Crippen LogP contribution is 2.34. The van der Waals surface area contributed by atoms with Crippen molar-refractivity contribution in [1.29, 1.82) is 0 Å². The van der Waals surface area contributed by atoms with Crippen LogP contribution in [0.5, 0.6) is 5.75 Å². The van der Waals surface area contributed by atoms with Crippen LogP contribution in [0, 0.1) is 0 Å². The number of benzene rings is 3. The Morgan fingerprint density at radius 1 is 1.02 bits per heavy atom. The van der Waals surface area contributed by atoms with Crippen molar-refractivity contribution in [2.24, 2.45) is 0 Å². The van der Waals surface area contributed by atoms with Crippen LogP contribution in [0.3, 0.4) is 0 Å².